The third-order valence-electron chi connectivity index (χ3n) is 4.70. The van der Waals surface area contributed by atoms with Crippen LogP contribution in [0.3, 0.4) is 0 Å². The molecule has 0 N–H and O–H groups in total. The highest BCUT2D eigenvalue weighted by molar-refractivity contribution is 6.30. The summed E-state index contributed by atoms with van der Waals surface area (Å²) in [5.74, 6) is 0.202. The van der Waals surface area contributed by atoms with Crippen molar-refractivity contribution in [1.29, 1.82) is 0 Å². The van der Waals surface area contributed by atoms with E-state index in [9.17, 15) is 4.79 Å². The Morgan fingerprint density at radius 3 is 2.83 bits per heavy atom. The van der Waals surface area contributed by atoms with Crippen LogP contribution in [0.4, 0.5) is 0 Å². The van der Waals surface area contributed by atoms with Crippen LogP contribution in [-0.2, 0) is 20.7 Å². The Hall–Kier alpha value is -1.10. The molecule has 2 fully saturated rings. The van der Waals surface area contributed by atoms with Crippen LogP contribution in [0.25, 0.3) is 0 Å². The summed E-state index contributed by atoms with van der Waals surface area (Å²) in [6.07, 6.45) is 3.43. The van der Waals surface area contributed by atoms with E-state index in [1.807, 2.05) is 36.1 Å². The third-order valence-corrected chi connectivity index (χ3v) is 4.95. The molecule has 2 saturated heterocycles. The number of carbonyl (C=O) groups excluding carboxylic acids is 1. The number of carbonyl (C=O) groups is 1. The lowest BCUT2D eigenvalue weighted by Gasteiger charge is -2.53. The van der Waals surface area contributed by atoms with Crippen molar-refractivity contribution in [2.45, 2.75) is 44.3 Å². The molecule has 1 spiro atoms. The largest absolute Gasteiger partial charge is 0.378 e. The zero-order valence-electron chi connectivity index (χ0n) is 13.6. The van der Waals surface area contributed by atoms with E-state index in [1.165, 1.54) is 0 Å². The van der Waals surface area contributed by atoms with Crippen molar-refractivity contribution in [2.24, 2.45) is 0 Å². The van der Waals surface area contributed by atoms with Gasteiger partial charge in [-0.15, -0.1) is 0 Å². The fourth-order valence-corrected chi connectivity index (χ4v) is 3.59. The summed E-state index contributed by atoms with van der Waals surface area (Å²) in [6, 6.07) is 7.68. The Kier molecular flexibility index (Phi) is 5.24. The van der Waals surface area contributed by atoms with Crippen LogP contribution in [-0.4, -0.2) is 48.8 Å². The van der Waals surface area contributed by atoms with Crippen molar-refractivity contribution in [3.8, 4) is 0 Å². The molecule has 23 heavy (non-hydrogen) atoms. The molecule has 2 aliphatic heterocycles. The Bertz CT molecular complexity index is 538. The van der Waals surface area contributed by atoms with Gasteiger partial charge in [-0.05, 0) is 37.5 Å². The smallest absolute Gasteiger partial charge is 0.223 e. The molecule has 0 saturated carbocycles. The Morgan fingerprint density at radius 2 is 2.13 bits per heavy atom. The first-order valence-electron chi connectivity index (χ1n) is 8.38. The predicted octanol–water partition coefficient (Wildman–Crippen LogP) is 3.07. The lowest BCUT2D eigenvalue weighted by Crippen LogP contribution is -2.67. The fraction of sp³-hybridized carbons (Fsp3) is 0.611. The van der Waals surface area contributed by atoms with Gasteiger partial charge in [0.1, 0.15) is 5.60 Å². The molecule has 2 aliphatic rings. The van der Waals surface area contributed by atoms with Gasteiger partial charge in [-0.3, -0.25) is 4.79 Å². The quantitative estimate of drug-likeness (QED) is 0.829. The molecule has 0 aliphatic carbocycles. The first kappa shape index (κ1) is 16.7. The second-order valence-corrected chi connectivity index (χ2v) is 6.91. The SMILES string of the molecule is CCOC1CCOC2(C1)CN(C(=O)CCc1ccc(Cl)cc1)C2. The van der Waals surface area contributed by atoms with Gasteiger partial charge < -0.3 is 14.4 Å². The van der Waals surface area contributed by atoms with E-state index < -0.39 is 0 Å². The molecule has 0 aromatic heterocycles. The lowest BCUT2D eigenvalue weighted by molar-refractivity contribution is -0.200. The summed E-state index contributed by atoms with van der Waals surface area (Å²) in [5, 5.41) is 0.725. The van der Waals surface area contributed by atoms with Crippen molar-refractivity contribution >= 4 is 17.5 Å². The molecule has 4 nitrogen and oxygen atoms in total. The number of hydrogen-bond donors (Lipinski definition) is 0. The Labute approximate surface area is 142 Å². The van der Waals surface area contributed by atoms with Crippen LogP contribution in [0.15, 0.2) is 24.3 Å². The highest BCUT2D eigenvalue weighted by atomic mass is 35.5. The molecule has 1 unspecified atom stereocenters. The summed E-state index contributed by atoms with van der Waals surface area (Å²) < 4.78 is 11.7. The number of nitrogens with zero attached hydrogens (tertiary/aromatic N) is 1. The van der Waals surface area contributed by atoms with Gasteiger partial charge in [-0.1, -0.05) is 23.7 Å². The van der Waals surface area contributed by atoms with Gasteiger partial charge >= 0.3 is 0 Å². The number of rotatable bonds is 5. The van der Waals surface area contributed by atoms with Crippen molar-refractivity contribution in [3.63, 3.8) is 0 Å². The van der Waals surface area contributed by atoms with Crippen molar-refractivity contribution in [2.75, 3.05) is 26.3 Å². The molecule has 2 heterocycles. The van der Waals surface area contributed by atoms with E-state index in [4.69, 9.17) is 21.1 Å². The van der Waals surface area contributed by atoms with Crippen LogP contribution in [0.5, 0.6) is 0 Å². The fourth-order valence-electron chi connectivity index (χ4n) is 3.47. The maximum Gasteiger partial charge on any atom is 0.223 e. The lowest BCUT2D eigenvalue weighted by atomic mass is 9.84. The number of hydrogen-bond acceptors (Lipinski definition) is 3. The van der Waals surface area contributed by atoms with Crippen LogP contribution < -0.4 is 0 Å². The standard InChI is InChI=1S/C18H24ClNO3/c1-2-22-16-9-10-23-18(11-16)12-20(13-18)17(21)8-5-14-3-6-15(19)7-4-14/h3-4,6-7,16H,2,5,8-13H2,1H3. The molecular formula is C18H24ClNO3. The van der Waals surface area contributed by atoms with Crippen molar-refractivity contribution in [3.05, 3.63) is 34.9 Å². The molecule has 1 aromatic rings. The number of benzene rings is 1. The summed E-state index contributed by atoms with van der Waals surface area (Å²) in [5.41, 5.74) is 0.983. The van der Waals surface area contributed by atoms with Gasteiger partial charge in [-0.25, -0.2) is 0 Å². The highest BCUT2D eigenvalue weighted by Crippen LogP contribution is 2.35. The highest BCUT2D eigenvalue weighted by Gasteiger charge is 2.49. The molecule has 0 radical (unpaired) electrons. The number of ether oxygens (including phenoxy) is 2. The van der Waals surface area contributed by atoms with E-state index >= 15 is 0 Å². The van der Waals surface area contributed by atoms with Gasteiger partial charge in [0.15, 0.2) is 0 Å². The van der Waals surface area contributed by atoms with E-state index in [0.717, 1.165) is 43.1 Å². The van der Waals surface area contributed by atoms with Crippen molar-refractivity contribution in [1.82, 2.24) is 4.90 Å². The summed E-state index contributed by atoms with van der Waals surface area (Å²) in [7, 11) is 0. The maximum absolute atomic E-state index is 12.3. The van der Waals surface area contributed by atoms with Crippen LogP contribution in [0, 0.1) is 0 Å². The van der Waals surface area contributed by atoms with Crippen LogP contribution >= 0.6 is 11.6 Å². The number of amides is 1. The predicted molar refractivity (Wildman–Crippen MR) is 89.7 cm³/mol. The minimum absolute atomic E-state index is 0.159. The van der Waals surface area contributed by atoms with E-state index in [1.54, 1.807) is 0 Å². The average Bonchev–Trinajstić information content (AvgIpc) is 2.52. The van der Waals surface area contributed by atoms with Crippen molar-refractivity contribution < 1.29 is 14.3 Å². The summed E-state index contributed by atoms with van der Waals surface area (Å²) in [4.78, 5) is 14.2. The molecule has 0 bridgehead atoms. The molecule has 5 heteroatoms. The first-order valence-corrected chi connectivity index (χ1v) is 8.76. The number of halogens is 1. The molecule has 1 amide bonds. The monoisotopic (exact) mass is 337 g/mol. The normalized spacial score (nSPS) is 22.9. The maximum atomic E-state index is 12.3. The molecular weight excluding hydrogens is 314 g/mol. The minimum atomic E-state index is -0.159. The van der Waals surface area contributed by atoms with Gasteiger partial charge in [0.25, 0.3) is 0 Å². The first-order chi connectivity index (χ1) is 11.1. The van der Waals surface area contributed by atoms with E-state index in [0.29, 0.717) is 19.5 Å². The topological polar surface area (TPSA) is 38.8 Å². The Morgan fingerprint density at radius 1 is 1.39 bits per heavy atom. The zero-order chi connectivity index (χ0) is 16.3. The molecule has 3 rings (SSSR count). The van der Waals surface area contributed by atoms with E-state index in [-0.39, 0.29) is 17.6 Å². The van der Waals surface area contributed by atoms with Gasteiger partial charge in [-0.2, -0.15) is 0 Å². The summed E-state index contributed by atoms with van der Waals surface area (Å²) in [6.45, 7) is 4.91. The second kappa shape index (κ2) is 7.20. The van der Waals surface area contributed by atoms with E-state index in [2.05, 4.69) is 0 Å². The average molecular weight is 338 g/mol. The van der Waals surface area contributed by atoms with Gasteiger partial charge in [0, 0.05) is 31.1 Å². The molecule has 1 atom stereocenters. The second-order valence-electron chi connectivity index (χ2n) is 6.48. The molecule has 126 valence electrons. The minimum Gasteiger partial charge on any atom is -0.378 e. The number of aryl methyl sites for hydroxylation is 1. The van der Waals surface area contributed by atoms with Gasteiger partial charge in [0.2, 0.25) is 5.91 Å². The summed E-state index contributed by atoms with van der Waals surface area (Å²) >= 11 is 5.87. The molecule has 1 aromatic carbocycles. The van der Waals surface area contributed by atoms with Gasteiger partial charge in [0.05, 0.1) is 19.2 Å². The zero-order valence-corrected chi connectivity index (χ0v) is 14.3. The Balaban J connectivity index is 1.45. The third kappa shape index (κ3) is 4.06. The van der Waals surface area contributed by atoms with Crippen LogP contribution in [0.2, 0.25) is 5.02 Å². The number of likely N-dealkylation sites (tertiary alicyclic amines) is 1. The van der Waals surface area contributed by atoms with Crippen LogP contribution in [0.1, 0.15) is 31.7 Å².